The monoisotopic (exact) mass is 717 g/mol. The largest absolute Gasteiger partial charge is 0.475 e. The number of rotatable bonds is 11. The van der Waals surface area contributed by atoms with Crippen molar-refractivity contribution >= 4 is 57.4 Å². The van der Waals surface area contributed by atoms with Crippen LogP contribution in [0.4, 0.5) is 21.5 Å². The van der Waals surface area contributed by atoms with Crippen LogP contribution in [0.25, 0.3) is 10.9 Å². The van der Waals surface area contributed by atoms with Crippen LogP contribution in [0.1, 0.15) is 77.7 Å². The van der Waals surface area contributed by atoms with Crippen LogP contribution in [0.2, 0.25) is 10.0 Å². The molecule has 2 aromatic carbocycles. The number of likely N-dealkylation sites (tertiary alicyclic amines) is 1. The van der Waals surface area contributed by atoms with Crippen LogP contribution in [0.3, 0.4) is 0 Å². The van der Waals surface area contributed by atoms with Crippen LogP contribution < -0.4 is 10.6 Å². The average Bonchev–Trinajstić information content (AvgIpc) is 3.57. The number of pyridine rings is 1. The van der Waals surface area contributed by atoms with Gasteiger partial charge in [0.05, 0.1) is 51.2 Å². The topological polar surface area (TPSA) is 116 Å². The van der Waals surface area contributed by atoms with E-state index in [1.807, 2.05) is 37.7 Å². The molecule has 1 aliphatic rings. The predicted octanol–water partition coefficient (Wildman–Crippen LogP) is 9.39. The summed E-state index contributed by atoms with van der Waals surface area (Å²) in [5, 5.41) is 26.7. The molecule has 10 nitrogen and oxygen atoms in total. The molecule has 0 bridgehead atoms. The van der Waals surface area contributed by atoms with Gasteiger partial charge in [0, 0.05) is 47.8 Å². The molecule has 2 aromatic heterocycles. The molecule has 50 heavy (non-hydrogen) atoms. The normalized spacial score (nSPS) is 15.4. The standard InChI is InChI=1S/C37H42Cl2FN9O/c1-8-33(50-22(2)3)42-19-23(4)34(32-21-49(47-46-32)27-11-13-48(14-12-27)37(5,6)7)45-26-15-28-35(44-25-9-10-31(40)29(38)16-25)24(18-41)20-43-36(28)30(39)17-26/h8-10,15-17,19-22,27,34,45H,4,11-14H2,1-3,5-7H3,(H,43,44)/b33-8+,42-19-/t34-/m0/s1. The summed E-state index contributed by atoms with van der Waals surface area (Å²) < 4.78 is 21.7. The van der Waals surface area contributed by atoms with E-state index >= 15 is 0 Å². The van der Waals surface area contributed by atoms with Crippen LogP contribution in [0.5, 0.6) is 0 Å². The summed E-state index contributed by atoms with van der Waals surface area (Å²) in [5.74, 6) is -0.0825. The van der Waals surface area contributed by atoms with Gasteiger partial charge in [0.1, 0.15) is 17.6 Å². The highest BCUT2D eigenvalue weighted by Gasteiger charge is 2.29. The zero-order chi connectivity index (χ0) is 36.2. The predicted molar refractivity (Wildman–Crippen MR) is 200 cm³/mol. The Morgan fingerprint density at radius 1 is 1.16 bits per heavy atom. The van der Waals surface area contributed by atoms with E-state index in [4.69, 9.17) is 27.9 Å². The van der Waals surface area contributed by atoms with Crippen LogP contribution in [-0.2, 0) is 4.74 Å². The first-order valence-corrected chi connectivity index (χ1v) is 17.3. The number of nitriles is 1. The summed E-state index contributed by atoms with van der Waals surface area (Å²) in [6, 6.07) is 9.67. The molecule has 1 fully saturated rings. The van der Waals surface area contributed by atoms with Crippen molar-refractivity contribution in [1.29, 1.82) is 5.26 Å². The highest BCUT2D eigenvalue weighted by atomic mass is 35.5. The maximum atomic E-state index is 13.9. The fourth-order valence-corrected chi connectivity index (χ4v) is 6.29. The number of benzene rings is 2. The number of allylic oxidation sites excluding steroid dienone is 1. The van der Waals surface area contributed by atoms with E-state index in [1.54, 1.807) is 18.4 Å². The molecule has 0 spiro atoms. The summed E-state index contributed by atoms with van der Waals surface area (Å²) in [4.78, 5) is 11.5. The second-order valence-corrected chi connectivity index (χ2v) is 14.3. The molecule has 0 aliphatic carbocycles. The van der Waals surface area contributed by atoms with E-state index in [9.17, 15) is 9.65 Å². The summed E-state index contributed by atoms with van der Waals surface area (Å²) in [7, 11) is 0. The lowest BCUT2D eigenvalue weighted by molar-refractivity contribution is 0.0866. The number of aromatic nitrogens is 4. The Morgan fingerprint density at radius 2 is 1.88 bits per heavy atom. The van der Waals surface area contributed by atoms with Gasteiger partial charge in [0.15, 0.2) is 0 Å². The van der Waals surface area contributed by atoms with Gasteiger partial charge in [0.2, 0.25) is 5.88 Å². The molecular weight excluding hydrogens is 676 g/mol. The number of aliphatic imine (C=N–C) groups is 1. The molecule has 5 rings (SSSR count). The lowest BCUT2D eigenvalue weighted by atomic mass is 9.98. The summed E-state index contributed by atoms with van der Waals surface area (Å²) in [6.07, 6.45) is 8.71. The van der Waals surface area contributed by atoms with Crippen molar-refractivity contribution in [2.24, 2.45) is 4.99 Å². The fraction of sp³-hybridized carbons (Fsp3) is 0.378. The smallest absolute Gasteiger partial charge is 0.208 e. The summed E-state index contributed by atoms with van der Waals surface area (Å²) >= 11 is 12.9. The van der Waals surface area contributed by atoms with Gasteiger partial charge in [-0.05, 0) is 96.4 Å². The number of nitrogens with one attached hydrogen (secondary N) is 2. The molecule has 13 heteroatoms. The molecule has 0 radical (unpaired) electrons. The number of anilines is 3. The Hall–Kier alpha value is -4.50. The lowest BCUT2D eigenvalue weighted by Crippen LogP contribution is -2.46. The van der Waals surface area contributed by atoms with Gasteiger partial charge in [-0.15, -0.1) is 5.10 Å². The third-order valence-electron chi connectivity index (χ3n) is 8.49. The highest BCUT2D eigenvalue weighted by molar-refractivity contribution is 6.36. The zero-order valence-electron chi connectivity index (χ0n) is 29.1. The van der Waals surface area contributed by atoms with Crippen LogP contribution in [0.15, 0.2) is 71.8 Å². The van der Waals surface area contributed by atoms with E-state index in [1.165, 1.54) is 24.4 Å². The maximum Gasteiger partial charge on any atom is 0.208 e. The molecule has 2 N–H and O–H groups in total. The van der Waals surface area contributed by atoms with Gasteiger partial charge < -0.3 is 15.4 Å². The van der Waals surface area contributed by atoms with Crippen molar-refractivity contribution in [3.05, 3.63) is 94.0 Å². The minimum atomic E-state index is -0.563. The molecular formula is C37H42Cl2FN9O. The number of hydrogen-bond acceptors (Lipinski definition) is 9. The van der Waals surface area contributed by atoms with Gasteiger partial charge in [-0.2, -0.15) is 5.26 Å². The molecule has 1 aliphatic heterocycles. The second kappa shape index (κ2) is 15.6. The number of piperidine rings is 1. The van der Waals surface area contributed by atoms with E-state index in [2.05, 4.69) is 69.2 Å². The van der Waals surface area contributed by atoms with Crippen molar-refractivity contribution in [3.63, 3.8) is 0 Å². The Balaban J connectivity index is 1.52. The maximum absolute atomic E-state index is 13.9. The molecule has 1 atom stereocenters. The van der Waals surface area contributed by atoms with Crippen molar-refractivity contribution in [3.8, 4) is 6.07 Å². The highest BCUT2D eigenvalue weighted by Crippen LogP contribution is 2.37. The Bertz CT molecular complexity index is 1970. The van der Waals surface area contributed by atoms with Gasteiger partial charge >= 0.3 is 0 Å². The quantitative estimate of drug-likeness (QED) is 0.116. The fourth-order valence-electron chi connectivity index (χ4n) is 5.84. The second-order valence-electron chi connectivity index (χ2n) is 13.5. The number of hydrogen-bond donors (Lipinski definition) is 2. The third-order valence-corrected chi connectivity index (χ3v) is 9.07. The molecule has 0 saturated carbocycles. The summed E-state index contributed by atoms with van der Waals surface area (Å²) in [6.45, 7) is 18.7. The lowest BCUT2D eigenvalue weighted by Gasteiger charge is -2.40. The number of nitrogens with zero attached hydrogens (tertiary/aromatic N) is 7. The van der Waals surface area contributed by atoms with Gasteiger partial charge in [-0.1, -0.05) is 35.0 Å². The summed E-state index contributed by atoms with van der Waals surface area (Å²) in [5.41, 5.74) is 3.64. The minimum Gasteiger partial charge on any atom is -0.475 e. The van der Waals surface area contributed by atoms with E-state index in [-0.39, 0.29) is 28.3 Å². The molecule has 262 valence electrons. The first kappa shape index (κ1) is 36.8. The van der Waals surface area contributed by atoms with Crippen LogP contribution in [0, 0.1) is 17.1 Å². The molecule has 4 aromatic rings. The van der Waals surface area contributed by atoms with E-state index < -0.39 is 11.9 Å². The van der Waals surface area contributed by atoms with Gasteiger partial charge in [0.25, 0.3) is 0 Å². The number of fused-ring (bicyclic) bond motifs is 1. The van der Waals surface area contributed by atoms with Crippen LogP contribution >= 0.6 is 23.2 Å². The SMILES string of the molecule is C=C(/C=N\C(=C/C)OC(C)C)[C@H](Nc1cc(Cl)c2ncc(C#N)c(Nc3ccc(F)c(Cl)c3)c2c1)c1cn(C2CCN(C(C)(C)C)CC2)nn1. The van der Waals surface area contributed by atoms with E-state index in [0.717, 1.165) is 25.9 Å². The minimum absolute atomic E-state index is 0.0504. The van der Waals surface area contributed by atoms with Crippen molar-refractivity contribution in [2.45, 2.75) is 78.1 Å². The van der Waals surface area contributed by atoms with Gasteiger partial charge in [-0.3, -0.25) is 9.88 Å². The third kappa shape index (κ3) is 8.62. The number of ether oxygens (including phenoxy) is 1. The number of halogens is 3. The molecule has 0 amide bonds. The Kier molecular flexibility index (Phi) is 11.5. The first-order valence-electron chi connectivity index (χ1n) is 16.5. The zero-order valence-corrected chi connectivity index (χ0v) is 30.6. The van der Waals surface area contributed by atoms with Gasteiger partial charge in [-0.25, -0.2) is 14.1 Å². The Labute approximate surface area is 302 Å². The van der Waals surface area contributed by atoms with Crippen molar-refractivity contribution in [1.82, 2.24) is 24.9 Å². The van der Waals surface area contributed by atoms with E-state index in [0.29, 0.717) is 50.1 Å². The first-order chi connectivity index (χ1) is 23.8. The Morgan fingerprint density at radius 3 is 2.52 bits per heavy atom. The molecule has 1 saturated heterocycles. The van der Waals surface area contributed by atoms with Crippen molar-refractivity contribution < 1.29 is 9.13 Å². The molecule has 0 unspecified atom stereocenters. The van der Waals surface area contributed by atoms with Crippen LogP contribution in [-0.4, -0.2) is 55.8 Å². The van der Waals surface area contributed by atoms with Crippen molar-refractivity contribution in [2.75, 3.05) is 23.7 Å². The average molecular weight is 719 g/mol. The molecule has 3 heterocycles.